The van der Waals surface area contributed by atoms with E-state index in [1.54, 1.807) is 21.8 Å². The van der Waals surface area contributed by atoms with Crippen molar-refractivity contribution in [3.05, 3.63) is 71.9 Å². The molecule has 0 bridgehead atoms. The van der Waals surface area contributed by atoms with Crippen molar-refractivity contribution < 1.29 is 13.2 Å². The van der Waals surface area contributed by atoms with Crippen LogP contribution in [0.1, 0.15) is 18.0 Å². The second-order valence-electron chi connectivity index (χ2n) is 8.02. The minimum absolute atomic E-state index is 0.102. The summed E-state index contributed by atoms with van der Waals surface area (Å²) in [4.78, 5) is 4.10. The average molecular weight is 427 g/mol. The van der Waals surface area contributed by atoms with Gasteiger partial charge in [-0.2, -0.15) is 5.10 Å². The van der Waals surface area contributed by atoms with Gasteiger partial charge in [-0.3, -0.25) is 0 Å². The third kappa shape index (κ3) is 3.87. The van der Waals surface area contributed by atoms with Crippen molar-refractivity contribution >= 4 is 11.5 Å². The van der Waals surface area contributed by atoms with E-state index < -0.39 is 23.8 Å². The van der Waals surface area contributed by atoms with Gasteiger partial charge in [0.2, 0.25) is 0 Å². The van der Waals surface area contributed by atoms with E-state index in [4.69, 9.17) is 0 Å². The zero-order valence-corrected chi connectivity index (χ0v) is 17.0. The molecule has 0 amide bonds. The van der Waals surface area contributed by atoms with E-state index in [9.17, 15) is 13.2 Å². The number of halogens is 3. The molecule has 2 aliphatic rings. The molecular weight excluding hydrogens is 403 g/mol. The normalized spacial score (nSPS) is 21.6. The number of nitrogens with zero attached hydrogens (tertiary/aromatic N) is 4. The van der Waals surface area contributed by atoms with E-state index in [-0.39, 0.29) is 18.5 Å². The Morgan fingerprint density at radius 2 is 1.68 bits per heavy atom. The first kappa shape index (κ1) is 19.9. The van der Waals surface area contributed by atoms with Gasteiger partial charge < -0.3 is 15.1 Å². The SMILES string of the molecule is Fc1ccc(F)c([C@H]2C[C@H](F)CN2c2ccnn2-c2ccc(N3CCNCC3)cc2)c1. The minimum Gasteiger partial charge on any atom is -0.369 e. The zero-order chi connectivity index (χ0) is 21.4. The van der Waals surface area contributed by atoms with Crippen molar-refractivity contribution in [2.75, 3.05) is 42.5 Å². The molecule has 31 heavy (non-hydrogen) atoms. The molecule has 2 fully saturated rings. The van der Waals surface area contributed by atoms with Crippen molar-refractivity contribution in [1.29, 1.82) is 0 Å². The van der Waals surface area contributed by atoms with E-state index in [2.05, 4.69) is 27.4 Å². The maximum absolute atomic E-state index is 14.5. The molecule has 3 aromatic rings. The molecule has 0 radical (unpaired) electrons. The van der Waals surface area contributed by atoms with E-state index >= 15 is 0 Å². The van der Waals surface area contributed by atoms with Crippen LogP contribution in [0, 0.1) is 11.6 Å². The smallest absolute Gasteiger partial charge is 0.132 e. The summed E-state index contributed by atoms with van der Waals surface area (Å²) in [6.07, 6.45) is 0.614. The molecule has 2 aliphatic heterocycles. The highest BCUT2D eigenvalue weighted by Gasteiger charge is 2.36. The first-order chi connectivity index (χ1) is 15.1. The topological polar surface area (TPSA) is 36.3 Å². The van der Waals surface area contributed by atoms with E-state index in [0.717, 1.165) is 55.8 Å². The zero-order valence-electron chi connectivity index (χ0n) is 17.0. The number of alkyl halides is 1. The second kappa shape index (κ2) is 8.26. The monoisotopic (exact) mass is 427 g/mol. The van der Waals surface area contributed by atoms with Crippen molar-refractivity contribution in [3.8, 4) is 5.69 Å². The summed E-state index contributed by atoms with van der Waals surface area (Å²) in [7, 11) is 0. The Kier molecular flexibility index (Phi) is 5.31. The number of benzene rings is 2. The molecular formula is C23H24F3N5. The van der Waals surface area contributed by atoms with Crippen molar-refractivity contribution in [1.82, 2.24) is 15.1 Å². The van der Waals surface area contributed by atoms with Crippen LogP contribution >= 0.6 is 0 Å². The van der Waals surface area contributed by atoms with Gasteiger partial charge in [0.1, 0.15) is 23.6 Å². The molecule has 1 N–H and O–H groups in total. The van der Waals surface area contributed by atoms with Gasteiger partial charge in [-0.05, 0) is 42.5 Å². The summed E-state index contributed by atoms with van der Waals surface area (Å²) in [5.41, 5.74) is 2.14. The fourth-order valence-corrected chi connectivity index (χ4v) is 4.54. The lowest BCUT2D eigenvalue weighted by molar-refractivity contribution is 0.355. The van der Waals surface area contributed by atoms with Gasteiger partial charge in [0.05, 0.1) is 24.5 Å². The summed E-state index contributed by atoms with van der Waals surface area (Å²) in [5.74, 6) is -0.406. The predicted molar refractivity (Wildman–Crippen MR) is 115 cm³/mol. The third-order valence-corrected chi connectivity index (χ3v) is 6.06. The lowest BCUT2D eigenvalue weighted by atomic mass is 10.0. The molecule has 0 aliphatic carbocycles. The number of piperazine rings is 1. The molecule has 5 nitrogen and oxygen atoms in total. The minimum atomic E-state index is -1.13. The van der Waals surface area contributed by atoms with Gasteiger partial charge in [0, 0.05) is 49.9 Å². The number of hydrogen-bond acceptors (Lipinski definition) is 4. The molecule has 8 heteroatoms. The fourth-order valence-electron chi connectivity index (χ4n) is 4.54. The van der Waals surface area contributed by atoms with Crippen LogP contribution in [0.4, 0.5) is 24.7 Å². The highest BCUT2D eigenvalue weighted by molar-refractivity contribution is 5.55. The Labute approximate surface area is 179 Å². The van der Waals surface area contributed by atoms with Gasteiger partial charge in [0.15, 0.2) is 0 Å². The Morgan fingerprint density at radius 3 is 2.45 bits per heavy atom. The third-order valence-electron chi connectivity index (χ3n) is 6.06. The first-order valence-electron chi connectivity index (χ1n) is 10.6. The molecule has 162 valence electrons. The number of aromatic nitrogens is 2. The van der Waals surface area contributed by atoms with Crippen LogP contribution in [0.3, 0.4) is 0 Å². The Hall–Kier alpha value is -3.00. The Balaban J connectivity index is 1.45. The molecule has 5 rings (SSSR count). The molecule has 2 atom stereocenters. The van der Waals surface area contributed by atoms with Gasteiger partial charge in [-0.1, -0.05) is 0 Å². The predicted octanol–water partition coefficient (Wildman–Crippen LogP) is 3.85. The number of hydrogen-bond donors (Lipinski definition) is 1. The highest BCUT2D eigenvalue weighted by Crippen LogP contribution is 2.39. The average Bonchev–Trinajstić information content (AvgIpc) is 3.42. The lowest BCUT2D eigenvalue weighted by Crippen LogP contribution is -2.43. The molecule has 1 aromatic heterocycles. The number of nitrogens with one attached hydrogen (secondary N) is 1. The maximum atomic E-state index is 14.5. The molecule has 2 saturated heterocycles. The van der Waals surface area contributed by atoms with Crippen LogP contribution in [-0.4, -0.2) is 48.7 Å². The molecule has 2 aromatic carbocycles. The van der Waals surface area contributed by atoms with Gasteiger partial charge in [-0.15, -0.1) is 0 Å². The number of rotatable bonds is 4. The van der Waals surface area contributed by atoms with Gasteiger partial charge in [-0.25, -0.2) is 17.9 Å². The standard InChI is InChI=1S/C23H24F3N5/c24-16-1-6-21(26)20(13-16)22-14-17(25)15-30(22)23-7-8-28-31(23)19-4-2-18(3-5-19)29-11-9-27-10-12-29/h1-8,13,17,22,27H,9-12,14-15H2/t17-,22+/m0/s1. The summed E-state index contributed by atoms with van der Waals surface area (Å²) >= 11 is 0. The van der Waals surface area contributed by atoms with Crippen LogP contribution < -0.4 is 15.1 Å². The van der Waals surface area contributed by atoms with Crippen molar-refractivity contribution in [2.45, 2.75) is 18.6 Å². The quantitative estimate of drug-likeness (QED) is 0.686. The Morgan fingerprint density at radius 1 is 0.935 bits per heavy atom. The van der Waals surface area contributed by atoms with Crippen LogP contribution in [0.15, 0.2) is 54.7 Å². The second-order valence-corrected chi connectivity index (χ2v) is 8.02. The molecule has 0 unspecified atom stereocenters. The van der Waals surface area contributed by atoms with Crippen LogP contribution in [0.5, 0.6) is 0 Å². The van der Waals surface area contributed by atoms with E-state index in [0.29, 0.717) is 5.82 Å². The van der Waals surface area contributed by atoms with Crippen molar-refractivity contribution in [3.63, 3.8) is 0 Å². The van der Waals surface area contributed by atoms with Crippen molar-refractivity contribution in [2.24, 2.45) is 0 Å². The van der Waals surface area contributed by atoms with E-state index in [1.807, 2.05) is 12.1 Å². The van der Waals surface area contributed by atoms with Gasteiger partial charge >= 0.3 is 0 Å². The Bertz CT molecular complexity index is 1050. The van der Waals surface area contributed by atoms with Gasteiger partial charge in [0.25, 0.3) is 0 Å². The fraction of sp³-hybridized carbons (Fsp3) is 0.348. The molecule has 0 spiro atoms. The van der Waals surface area contributed by atoms with E-state index in [1.165, 1.54) is 0 Å². The highest BCUT2D eigenvalue weighted by atomic mass is 19.1. The largest absolute Gasteiger partial charge is 0.369 e. The van der Waals surface area contributed by atoms with Crippen LogP contribution in [0.25, 0.3) is 5.69 Å². The van der Waals surface area contributed by atoms with Crippen LogP contribution in [0.2, 0.25) is 0 Å². The number of anilines is 2. The summed E-state index contributed by atoms with van der Waals surface area (Å²) < 4.78 is 44.4. The maximum Gasteiger partial charge on any atom is 0.132 e. The van der Waals surface area contributed by atoms with Crippen LogP contribution in [-0.2, 0) is 0 Å². The first-order valence-corrected chi connectivity index (χ1v) is 10.6. The summed E-state index contributed by atoms with van der Waals surface area (Å²) in [6.45, 7) is 3.94. The molecule has 3 heterocycles. The summed E-state index contributed by atoms with van der Waals surface area (Å²) in [5, 5.41) is 7.77. The summed E-state index contributed by atoms with van der Waals surface area (Å²) in [6, 6.07) is 12.6. The lowest BCUT2D eigenvalue weighted by Gasteiger charge is -2.30. The molecule has 0 saturated carbocycles.